The quantitative estimate of drug-likeness (QED) is 0.242. The predicted molar refractivity (Wildman–Crippen MR) is 186 cm³/mol. The van der Waals surface area contributed by atoms with Crippen molar-refractivity contribution in [2.75, 3.05) is 43.2 Å². The minimum atomic E-state index is -1.37. The minimum Gasteiger partial charge on any atom is -0.492 e. The first-order chi connectivity index (χ1) is 25.2. The first-order valence-corrected chi connectivity index (χ1v) is 17.4. The van der Waals surface area contributed by atoms with Gasteiger partial charge in [0.15, 0.2) is 17.3 Å². The van der Waals surface area contributed by atoms with E-state index in [1.54, 1.807) is 22.6 Å². The number of aromatic nitrogens is 4. The van der Waals surface area contributed by atoms with E-state index in [2.05, 4.69) is 15.5 Å². The Morgan fingerprint density at radius 1 is 1.12 bits per heavy atom. The summed E-state index contributed by atoms with van der Waals surface area (Å²) < 4.78 is 25.1. The highest BCUT2D eigenvalue weighted by atomic mass is 19.1. The molecule has 2 aromatic carbocycles. The molecule has 1 N–H and O–H groups in total. The number of hydrogen-bond donors (Lipinski definition) is 1. The van der Waals surface area contributed by atoms with Crippen LogP contribution >= 0.6 is 0 Å². The lowest BCUT2D eigenvalue weighted by atomic mass is 9.92. The Morgan fingerprint density at radius 2 is 1.92 bits per heavy atom. The van der Waals surface area contributed by atoms with Gasteiger partial charge in [-0.3, -0.25) is 14.4 Å². The van der Waals surface area contributed by atoms with E-state index in [-0.39, 0.29) is 65.4 Å². The van der Waals surface area contributed by atoms with Gasteiger partial charge in [-0.25, -0.2) is 13.9 Å². The molecule has 2 saturated heterocycles. The van der Waals surface area contributed by atoms with Crippen molar-refractivity contribution in [2.24, 2.45) is 11.1 Å². The summed E-state index contributed by atoms with van der Waals surface area (Å²) >= 11 is 0. The van der Waals surface area contributed by atoms with Gasteiger partial charge in [-0.1, -0.05) is 28.6 Å². The number of rotatable bonds is 10. The lowest BCUT2D eigenvalue weighted by Crippen LogP contribution is -2.49. The Kier molecular flexibility index (Phi) is 8.38. The van der Waals surface area contributed by atoms with Crippen molar-refractivity contribution in [3.63, 3.8) is 0 Å². The number of hydrogen-bond acceptors (Lipinski definition) is 10. The van der Waals surface area contributed by atoms with Crippen molar-refractivity contribution in [1.29, 1.82) is 0 Å². The molecule has 2 amide bonds. The van der Waals surface area contributed by atoms with Crippen molar-refractivity contribution >= 4 is 45.8 Å². The molecule has 0 unspecified atom stereocenters. The van der Waals surface area contributed by atoms with E-state index >= 15 is 4.39 Å². The van der Waals surface area contributed by atoms with Crippen molar-refractivity contribution in [3.05, 3.63) is 75.6 Å². The number of nitrogens with zero attached hydrogens (tertiary/aromatic N) is 8. The second kappa shape index (κ2) is 13.1. The van der Waals surface area contributed by atoms with Crippen LogP contribution < -0.4 is 20.0 Å². The maximum Gasteiger partial charge on any atom is 0.341 e. The van der Waals surface area contributed by atoms with E-state index in [1.165, 1.54) is 18.0 Å². The Labute approximate surface area is 296 Å². The molecule has 52 heavy (non-hydrogen) atoms. The average Bonchev–Trinajstić information content (AvgIpc) is 3.64. The van der Waals surface area contributed by atoms with E-state index in [4.69, 9.17) is 9.57 Å². The van der Waals surface area contributed by atoms with Gasteiger partial charge in [-0.15, -0.1) is 5.10 Å². The van der Waals surface area contributed by atoms with Crippen LogP contribution in [0, 0.1) is 11.7 Å². The molecule has 0 radical (unpaired) electrons. The molecule has 8 rings (SSSR count). The van der Waals surface area contributed by atoms with Crippen LogP contribution in [-0.2, 0) is 27.5 Å². The van der Waals surface area contributed by atoms with Crippen LogP contribution in [-0.4, -0.2) is 92.5 Å². The molecule has 4 aromatic rings. The van der Waals surface area contributed by atoms with Gasteiger partial charge in [-0.05, 0) is 50.7 Å². The molecule has 1 saturated carbocycles. The fourth-order valence-corrected chi connectivity index (χ4v) is 7.91. The first-order valence-electron chi connectivity index (χ1n) is 17.4. The summed E-state index contributed by atoms with van der Waals surface area (Å²) in [6.45, 7) is 3.54. The van der Waals surface area contributed by atoms with Gasteiger partial charge in [0.1, 0.15) is 30.1 Å². The number of carboxylic acids is 1. The summed E-state index contributed by atoms with van der Waals surface area (Å²) in [5.74, 6) is -2.28. The number of carbonyl (C=O) groups is 3. The molecule has 270 valence electrons. The number of anilines is 2. The van der Waals surface area contributed by atoms with E-state index < -0.39 is 22.8 Å². The summed E-state index contributed by atoms with van der Waals surface area (Å²) in [7, 11) is 1.42. The number of para-hydroxylation sites is 1. The average molecular weight is 713 g/mol. The highest BCUT2D eigenvalue weighted by Crippen LogP contribution is 2.45. The molecule has 4 aliphatic rings. The second-order valence-corrected chi connectivity index (χ2v) is 13.6. The molecular formula is C36H37FN8O7. The SMILES string of the molecule is CCO/N=C1\C(=O)N(Cc2cn(CC(=O)N3CCC[C@@H]4CN(c5c(F)cc6c(=O)c(C(=O)O)cn(C7CC7)c6c5OC)C[C@@H]43)nn2)c2ccccc21. The summed E-state index contributed by atoms with van der Waals surface area (Å²) in [6, 6.07) is 8.20. The number of carboxylic acid groups (broad SMARTS) is 1. The number of likely N-dealkylation sites (tertiary alicyclic amines) is 1. The molecule has 5 heterocycles. The third kappa shape index (κ3) is 5.62. The van der Waals surface area contributed by atoms with Crippen molar-refractivity contribution in [3.8, 4) is 5.75 Å². The van der Waals surface area contributed by atoms with Crippen LogP contribution in [0.5, 0.6) is 5.75 Å². The molecule has 2 aromatic heterocycles. The van der Waals surface area contributed by atoms with Crippen molar-refractivity contribution in [2.45, 2.75) is 57.8 Å². The summed E-state index contributed by atoms with van der Waals surface area (Å²) in [4.78, 5) is 62.6. The van der Waals surface area contributed by atoms with E-state index in [0.717, 1.165) is 31.7 Å². The van der Waals surface area contributed by atoms with Gasteiger partial charge in [0, 0.05) is 37.4 Å². The topological polar surface area (TPSA) is 165 Å². The standard InChI is InChI=1S/C36H37FN8O7/c1-3-52-39-30-23-8-4-5-9-27(23)45(35(30)48)16-21-15-42(40-38-21)19-29(46)43-12-6-7-20-14-41(18-28(20)43)32-26(37)13-24-31(34(32)51-2)44(22-10-11-22)17-25(33(24)47)36(49)50/h4-5,8-9,13,15,17,20,22,28H,3,6-7,10-12,14,16,18-19H2,1-2H3,(H,49,50)/b39-30-/t20-,28+/m1/s1. The maximum absolute atomic E-state index is 16.1. The molecule has 2 atom stereocenters. The Hall–Kier alpha value is -5.80. The Balaban J connectivity index is 1.01. The molecule has 0 bridgehead atoms. The van der Waals surface area contributed by atoms with Crippen LogP contribution in [0.1, 0.15) is 60.3 Å². The van der Waals surface area contributed by atoms with Gasteiger partial charge in [0.2, 0.25) is 11.3 Å². The zero-order valence-corrected chi connectivity index (χ0v) is 28.7. The van der Waals surface area contributed by atoms with Crippen LogP contribution in [0.3, 0.4) is 0 Å². The number of oxime groups is 1. The minimum absolute atomic E-state index is 0.0154. The molecule has 15 nitrogen and oxygen atoms in total. The number of halogens is 1. The van der Waals surface area contributed by atoms with Crippen LogP contribution in [0.15, 0.2) is 52.7 Å². The van der Waals surface area contributed by atoms with Gasteiger partial charge in [-0.2, -0.15) is 0 Å². The molecule has 0 spiro atoms. The van der Waals surface area contributed by atoms with Crippen LogP contribution in [0.4, 0.5) is 15.8 Å². The molecular weight excluding hydrogens is 675 g/mol. The lowest BCUT2D eigenvalue weighted by molar-refractivity contribution is -0.136. The highest BCUT2D eigenvalue weighted by Gasteiger charge is 2.43. The molecule has 3 fully saturated rings. The van der Waals surface area contributed by atoms with E-state index in [1.807, 2.05) is 34.1 Å². The van der Waals surface area contributed by atoms with Gasteiger partial charge in [0.05, 0.1) is 42.5 Å². The summed E-state index contributed by atoms with van der Waals surface area (Å²) in [5.41, 5.74) is 1.46. The Bertz CT molecular complexity index is 2210. The highest BCUT2D eigenvalue weighted by molar-refractivity contribution is 6.54. The first kappa shape index (κ1) is 33.3. The van der Waals surface area contributed by atoms with Crippen LogP contribution in [0.25, 0.3) is 10.9 Å². The monoisotopic (exact) mass is 712 g/mol. The Morgan fingerprint density at radius 3 is 2.67 bits per heavy atom. The summed E-state index contributed by atoms with van der Waals surface area (Å²) in [6.07, 6.45) is 6.23. The molecule has 1 aliphatic carbocycles. The number of ether oxygens (including phenoxy) is 1. The third-order valence-corrected chi connectivity index (χ3v) is 10.4. The van der Waals surface area contributed by atoms with Gasteiger partial charge in [0.25, 0.3) is 5.91 Å². The molecule has 16 heteroatoms. The number of benzene rings is 2. The maximum atomic E-state index is 16.1. The number of methoxy groups -OCH3 is 1. The third-order valence-electron chi connectivity index (χ3n) is 10.4. The zero-order valence-electron chi connectivity index (χ0n) is 28.7. The largest absolute Gasteiger partial charge is 0.492 e. The summed E-state index contributed by atoms with van der Waals surface area (Å²) in [5, 5.41) is 22.1. The number of carbonyl (C=O) groups excluding carboxylic acids is 2. The normalized spacial score (nSPS) is 20.5. The van der Waals surface area contributed by atoms with Gasteiger partial charge >= 0.3 is 5.97 Å². The smallest absolute Gasteiger partial charge is 0.341 e. The van der Waals surface area contributed by atoms with Crippen molar-refractivity contribution in [1.82, 2.24) is 24.5 Å². The number of fused-ring (bicyclic) bond motifs is 3. The number of piperidine rings is 1. The van der Waals surface area contributed by atoms with E-state index in [0.29, 0.717) is 48.7 Å². The predicted octanol–water partition coefficient (Wildman–Crippen LogP) is 3.19. The van der Waals surface area contributed by atoms with E-state index in [9.17, 15) is 24.3 Å². The fraction of sp³-hybridized carbons (Fsp3) is 0.417. The van der Waals surface area contributed by atoms with Gasteiger partial charge < -0.3 is 33.9 Å². The number of pyridine rings is 1. The lowest BCUT2D eigenvalue weighted by Gasteiger charge is -2.36. The zero-order chi connectivity index (χ0) is 36.3. The van der Waals surface area contributed by atoms with Crippen molar-refractivity contribution < 1.29 is 33.5 Å². The molecule has 3 aliphatic heterocycles. The van der Waals surface area contributed by atoms with Crippen LogP contribution in [0.2, 0.25) is 0 Å². The second-order valence-electron chi connectivity index (χ2n) is 13.6. The number of aromatic carboxylic acids is 1. The fourth-order valence-electron chi connectivity index (χ4n) is 7.91. The number of amides is 2.